The Morgan fingerprint density at radius 1 is 1.22 bits per heavy atom. The molecular formula is C14H26N4. The predicted octanol–water partition coefficient (Wildman–Crippen LogP) is 3.45. The monoisotopic (exact) mass is 250 g/mol. The zero-order chi connectivity index (χ0) is 13.5. The molecule has 1 atom stereocenters. The van der Waals surface area contributed by atoms with Gasteiger partial charge in [0.2, 0.25) is 5.95 Å². The van der Waals surface area contributed by atoms with Crippen molar-refractivity contribution in [2.24, 2.45) is 5.92 Å². The second-order valence-electron chi connectivity index (χ2n) is 5.28. The van der Waals surface area contributed by atoms with Crippen LogP contribution in [0.1, 0.15) is 46.2 Å². The first-order chi connectivity index (χ1) is 8.51. The molecule has 0 amide bonds. The largest absolute Gasteiger partial charge is 0.367 e. The minimum Gasteiger partial charge on any atom is -0.367 e. The molecule has 1 aromatic heterocycles. The molecule has 1 rings (SSSR count). The van der Waals surface area contributed by atoms with E-state index in [1.807, 2.05) is 13.0 Å². The van der Waals surface area contributed by atoms with Crippen LogP contribution in [-0.2, 0) is 0 Å². The molecule has 0 saturated heterocycles. The maximum absolute atomic E-state index is 4.49. The number of hydrogen-bond donors (Lipinski definition) is 2. The Balaban J connectivity index is 2.62. The summed E-state index contributed by atoms with van der Waals surface area (Å²) in [5, 5.41) is 6.67. The van der Waals surface area contributed by atoms with Crippen LogP contribution in [0.25, 0.3) is 0 Å². The fourth-order valence-electron chi connectivity index (χ4n) is 1.55. The van der Waals surface area contributed by atoms with Crippen molar-refractivity contribution in [1.82, 2.24) is 9.97 Å². The number of aromatic nitrogens is 2. The van der Waals surface area contributed by atoms with Gasteiger partial charge in [0.1, 0.15) is 5.82 Å². The molecule has 102 valence electrons. The number of hydrogen-bond acceptors (Lipinski definition) is 4. The smallest absolute Gasteiger partial charge is 0.224 e. The van der Waals surface area contributed by atoms with E-state index < -0.39 is 0 Å². The first-order valence-electron chi connectivity index (χ1n) is 6.87. The molecule has 1 heterocycles. The molecule has 18 heavy (non-hydrogen) atoms. The molecular weight excluding hydrogens is 224 g/mol. The summed E-state index contributed by atoms with van der Waals surface area (Å²) in [5.41, 5.74) is 0.989. The van der Waals surface area contributed by atoms with Crippen molar-refractivity contribution in [1.29, 1.82) is 0 Å². The van der Waals surface area contributed by atoms with Crippen molar-refractivity contribution in [3.8, 4) is 0 Å². The van der Waals surface area contributed by atoms with Crippen LogP contribution in [0.15, 0.2) is 6.07 Å². The van der Waals surface area contributed by atoms with Crippen LogP contribution >= 0.6 is 0 Å². The molecule has 0 saturated carbocycles. The van der Waals surface area contributed by atoms with Gasteiger partial charge in [-0.2, -0.15) is 4.98 Å². The topological polar surface area (TPSA) is 49.8 Å². The van der Waals surface area contributed by atoms with Gasteiger partial charge in [0.15, 0.2) is 0 Å². The average molecular weight is 250 g/mol. The lowest BCUT2D eigenvalue weighted by molar-refractivity contribution is 0.606. The molecule has 4 nitrogen and oxygen atoms in total. The van der Waals surface area contributed by atoms with E-state index in [0.29, 0.717) is 12.0 Å². The maximum atomic E-state index is 4.49. The SMILES string of the molecule is CCC(C)Nc1cc(C)nc(NCCC(C)C)n1. The van der Waals surface area contributed by atoms with Crippen LogP contribution in [0.2, 0.25) is 0 Å². The Bertz CT molecular complexity index is 363. The number of anilines is 2. The van der Waals surface area contributed by atoms with Gasteiger partial charge in [-0.3, -0.25) is 0 Å². The summed E-state index contributed by atoms with van der Waals surface area (Å²) in [6, 6.07) is 2.42. The lowest BCUT2D eigenvalue weighted by Crippen LogP contribution is -2.16. The van der Waals surface area contributed by atoms with E-state index in [4.69, 9.17) is 0 Å². The molecule has 0 aliphatic heterocycles. The first-order valence-corrected chi connectivity index (χ1v) is 6.87. The van der Waals surface area contributed by atoms with E-state index in [-0.39, 0.29) is 0 Å². The summed E-state index contributed by atoms with van der Waals surface area (Å²) in [7, 11) is 0. The second kappa shape index (κ2) is 7.19. The summed E-state index contributed by atoms with van der Waals surface area (Å²) < 4.78 is 0. The fourth-order valence-corrected chi connectivity index (χ4v) is 1.55. The van der Waals surface area contributed by atoms with Gasteiger partial charge in [0.05, 0.1) is 0 Å². The Hall–Kier alpha value is -1.32. The van der Waals surface area contributed by atoms with Gasteiger partial charge in [0.25, 0.3) is 0 Å². The van der Waals surface area contributed by atoms with E-state index in [0.717, 1.165) is 36.8 Å². The van der Waals surface area contributed by atoms with Crippen LogP contribution in [-0.4, -0.2) is 22.6 Å². The molecule has 0 aliphatic rings. The standard InChI is InChI=1S/C14H26N4/c1-6-11(4)16-13-9-12(5)17-14(18-13)15-8-7-10(2)3/h9-11H,6-8H2,1-5H3,(H2,15,16,17,18). The molecule has 0 radical (unpaired) electrons. The van der Waals surface area contributed by atoms with E-state index in [1.165, 1.54) is 0 Å². The zero-order valence-electron chi connectivity index (χ0n) is 12.2. The van der Waals surface area contributed by atoms with Crippen LogP contribution in [0.5, 0.6) is 0 Å². The van der Waals surface area contributed by atoms with Crippen LogP contribution < -0.4 is 10.6 Å². The Labute approximate surface area is 111 Å². The van der Waals surface area contributed by atoms with Crippen molar-refractivity contribution < 1.29 is 0 Å². The summed E-state index contributed by atoms with van der Waals surface area (Å²) in [4.78, 5) is 8.89. The quantitative estimate of drug-likeness (QED) is 0.778. The summed E-state index contributed by atoms with van der Waals surface area (Å²) in [5.74, 6) is 2.32. The summed E-state index contributed by atoms with van der Waals surface area (Å²) >= 11 is 0. The van der Waals surface area contributed by atoms with Crippen molar-refractivity contribution in [2.75, 3.05) is 17.2 Å². The van der Waals surface area contributed by atoms with Crippen LogP contribution in [0.3, 0.4) is 0 Å². The third-order valence-electron chi connectivity index (χ3n) is 2.87. The van der Waals surface area contributed by atoms with Gasteiger partial charge < -0.3 is 10.6 Å². The third-order valence-corrected chi connectivity index (χ3v) is 2.87. The van der Waals surface area contributed by atoms with Gasteiger partial charge >= 0.3 is 0 Å². The number of nitrogens with zero attached hydrogens (tertiary/aromatic N) is 2. The molecule has 0 spiro atoms. The highest BCUT2D eigenvalue weighted by molar-refractivity contribution is 5.42. The number of rotatable bonds is 7. The van der Waals surface area contributed by atoms with E-state index in [2.05, 4.69) is 48.3 Å². The second-order valence-corrected chi connectivity index (χ2v) is 5.28. The summed E-state index contributed by atoms with van der Waals surface area (Å²) in [6.45, 7) is 11.7. The molecule has 0 bridgehead atoms. The first kappa shape index (κ1) is 14.7. The van der Waals surface area contributed by atoms with E-state index in [9.17, 15) is 0 Å². The molecule has 0 fully saturated rings. The zero-order valence-corrected chi connectivity index (χ0v) is 12.2. The lowest BCUT2D eigenvalue weighted by atomic mass is 10.1. The molecule has 1 unspecified atom stereocenters. The minimum absolute atomic E-state index is 0.433. The van der Waals surface area contributed by atoms with E-state index in [1.54, 1.807) is 0 Å². The van der Waals surface area contributed by atoms with Gasteiger partial charge in [-0.1, -0.05) is 20.8 Å². The highest BCUT2D eigenvalue weighted by Gasteiger charge is 2.04. The predicted molar refractivity (Wildman–Crippen MR) is 78.1 cm³/mol. The number of nitrogens with one attached hydrogen (secondary N) is 2. The normalized spacial score (nSPS) is 12.6. The molecule has 0 aromatic carbocycles. The number of aryl methyl sites for hydroxylation is 1. The Morgan fingerprint density at radius 3 is 2.56 bits per heavy atom. The van der Waals surface area contributed by atoms with E-state index >= 15 is 0 Å². The highest BCUT2D eigenvalue weighted by Crippen LogP contribution is 2.12. The summed E-state index contributed by atoms with van der Waals surface area (Å²) in [6.07, 6.45) is 2.21. The average Bonchev–Trinajstić information content (AvgIpc) is 2.27. The van der Waals surface area contributed by atoms with Crippen LogP contribution in [0.4, 0.5) is 11.8 Å². The van der Waals surface area contributed by atoms with Crippen LogP contribution in [0, 0.1) is 12.8 Å². The molecule has 4 heteroatoms. The molecule has 1 aromatic rings. The molecule has 0 aliphatic carbocycles. The fraction of sp³-hybridized carbons (Fsp3) is 0.714. The van der Waals surface area contributed by atoms with Gasteiger partial charge in [-0.25, -0.2) is 4.98 Å². The Kier molecular flexibility index (Phi) is 5.89. The highest BCUT2D eigenvalue weighted by atomic mass is 15.1. The van der Waals surface area contributed by atoms with Crippen molar-refractivity contribution in [3.63, 3.8) is 0 Å². The minimum atomic E-state index is 0.433. The molecule has 2 N–H and O–H groups in total. The van der Waals surface area contributed by atoms with Gasteiger partial charge in [0, 0.05) is 24.3 Å². The Morgan fingerprint density at radius 2 is 1.94 bits per heavy atom. The maximum Gasteiger partial charge on any atom is 0.224 e. The van der Waals surface area contributed by atoms with Gasteiger partial charge in [-0.05, 0) is 32.6 Å². The van der Waals surface area contributed by atoms with Crippen molar-refractivity contribution in [3.05, 3.63) is 11.8 Å². The third kappa shape index (κ3) is 5.34. The van der Waals surface area contributed by atoms with Crippen molar-refractivity contribution in [2.45, 2.75) is 53.5 Å². The lowest BCUT2D eigenvalue weighted by Gasteiger charge is -2.14. The van der Waals surface area contributed by atoms with Crippen molar-refractivity contribution >= 4 is 11.8 Å². The van der Waals surface area contributed by atoms with Gasteiger partial charge in [-0.15, -0.1) is 0 Å².